The number of aliphatic hydroxyl groups excluding tert-OH is 1. The van der Waals surface area contributed by atoms with E-state index in [0.29, 0.717) is 5.69 Å². The lowest BCUT2D eigenvalue weighted by molar-refractivity contribution is -0.145. The molecular weight excluding hydrogens is 250 g/mol. The average Bonchev–Trinajstić information content (AvgIpc) is 2.37. The van der Waals surface area contributed by atoms with E-state index in [1.807, 2.05) is 30.3 Å². The highest BCUT2D eigenvalue weighted by Crippen LogP contribution is 2.33. The highest BCUT2D eigenvalue weighted by atomic mass is 32.2. The van der Waals surface area contributed by atoms with Crippen LogP contribution in [0.4, 0.5) is 5.69 Å². The van der Waals surface area contributed by atoms with Gasteiger partial charge in [-0.3, -0.25) is 0 Å². The van der Waals surface area contributed by atoms with Crippen LogP contribution in [0.5, 0.6) is 0 Å². The van der Waals surface area contributed by atoms with E-state index < -0.39 is 12.1 Å². The van der Waals surface area contributed by atoms with E-state index >= 15 is 0 Å². The number of aliphatic carboxylic acids is 1. The molecule has 0 aliphatic carbocycles. The minimum Gasteiger partial charge on any atom is -0.479 e. The van der Waals surface area contributed by atoms with E-state index in [0.717, 1.165) is 15.7 Å². The quantitative estimate of drug-likeness (QED) is 0.580. The Hall–Kier alpha value is -1.72. The Bertz CT molecular complexity index is 585. The van der Waals surface area contributed by atoms with Gasteiger partial charge >= 0.3 is 5.97 Å². The van der Waals surface area contributed by atoms with E-state index in [9.17, 15) is 9.90 Å². The fraction of sp³-hybridized carbons (Fsp3) is 0.154. The Morgan fingerprint density at radius 1 is 1.28 bits per heavy atom. The fourth-order valence-electron chi connectivity index (χ4n) is 1.65. The van der Waals surface area contributed by atoms with E-state index in [2.05, 4.69) is 0 Å². The largest absolute Gasteiger partial charge is 0.479 e. The number of thioether (sulfide) groups is 1. The summed E-state index contributed by atoms with van der Waals surface area (Å²) < 4.78 is 0. The van der Waals surface area contributed by atoms with E-state index in [-0.39, 0.29) is 5.75 Å². The van der Waals surface area contributed by atoms with Gasteiger partial charge in [0, 0.05) is 16.3 Å². The van der Waals surface area contributed by atoms with Gasteiger partial charge in [0.05, 0.1) is 0 Å². The molecule has 18 heavy (non-hydrogen) atoms. The van der Waals surface area contributed by atoms with Gasteiger partial charge in [-0.2, -0.15) is 0 Å². The summed E-state index contributed by atoms with van der Waals surface area (Å²) in [6, 6.07) is 11.4. The van der Waals surface area contributed by atoms with Crippen LogP contribution in [0.2, 0.25) is 0 Å². The van der Waals surface area contributed by atoms with E-state index in [1.54, 1.807) is 6.07 Å². The van der Waals surface area contributed by atoms with Gasteiger partial charge in [0.2, 0.25) is 0 Å². The van der Waals surface area contributed by atoms with Gasteiger partial charge < -0.3 is 15.9 Å². The molecule has 0 saturated heterocycles. The molecule has 4 N–H and O–H groups in total. The number of nitrogen functional groups attached to an aromatic ring is 1. The highest BCUT2D eigenvalue weighted by Gasteiger charge is 2.15. The van der Waals surface area contributed by atoms with Gasteiger partial charge in [0.1, 0.15) is 0 Å². The summed E-state index contributed by atoms with van der Waals surface area (Å²) in [5, 5.41) is 20.0. The maximum Gasteiger partial charge on any atom is 0.333 e. The maximum atomic E-state index is 10.6. The van der Waals surface area contributed by atoms with Crippen molar-refractivity contribution < 1.29 is 15.0 Å². The van der Waals surface area contributed by atoms with Crippen LogP contribution in [-0.4, -0.2) is 28.0 Å². The number of carboxylic acid groups (broad SMARTS) is 1. The third kappa shape index (κ3) is 2.57. The molecule has 0 heterocycles. The Balaban J connectivity index is 2.32. The number of aliphatic hydroxyl groups is 1. The second-order valence-electron chi connectivity index (χ2n) is 3.87. The summed E-state index contributed by atoms with van der Waals surface area (Å²) in [6.45, 7) is 0. The lowest BCUT2D eigenvalue weighted by atomic mass is 10.1. The molecule has 1 unspecified atom stereocenters. The molecule has 0 radical (unpaired) electrons. The van der Waals surface area contributed by atoms with Crippen molar-refractivity contribution in [1.29, 1.82) is 0 Å². The summed E-state index contributed by atoms with van der Waals surface area (Å²) in [5.41, 5.74) is 6.49. The monoisotopic (exact) mass is 263 g/mol. The van der Waals surface area contributed by atoms with Gasteiger partial charge in [-0.15, -0.1) is 11.8 Å². The number of carbonyl (C=O) groups is 1. The number of nitrogens with two attached hydrogens (primary N) is 1. The molecule has 2 aromatic carbocycles. The molecule has 1 atom stereocenters. The smallest absolute Gasteiger partial charge is 0.333 e. The predicted molar refractivity (Wildman–Crippen MR) is 72.7 cm³/mol. The van der Waals surface area contributed by atoms with Crippen LogP contribution >= 0.6 is 11.8 Å². The van der Waals surface area contributed by atoms with Crippen molar-refractivity contribution in [1.82, 2.24) is 0 Å². The lowest BCUT2D eigenvalue weighted by Crippen LogP contribution is -2.21. The molecule has 0 amide bonds. The summed E-state index contributed by atoms with van der Waals surface area (Å²) in [6.07, 6.45) is -1.38. The van der Waals surface area contributed by atoms with Crippen molar-refractivity contribution in [3.05, 3.63) is 36.4 Å². The van der Waals surface area contributed by atoms with Crippen molar-refractivity contribution >= 4 is 34.2 Å². The van der Waals surface area contributed by atoms with Gasteiger partial charge in [0.15, 0.2) is 6.10 Å². The first-order valence-corrected chi connectivity index (χ1v) is 6.39. The molecule has 2 aromatic rings. The fourth-order valence-corrected chi connectivity index (χ4v) is 2.70. The van der Waals surface area contributed by atoms with Gasteiger partial charge in [0.25, 0.3) is 0 Å². The topological polar surface area (TPSA) is 83.5 Å². The first-order valence-electron chi connectivity index (χ1n) is 5.40. The molecule has 2 rings (SSSR count). The standard InChI is InChI=1S/C13H13NO3S/c14-10-6-5-8-3-1-2-4-9(8)12(10)18-7-11(15)13(16)17/h1-6,11,15H,7,14H2,(H,16,17). The minimum absolute atomic E-state index is 0.0769. The van der Waals surface area contributed by atoms with Gasteiger partial charge in [-0.1, -0.05) is 30.3 Å². The lowest BCUT2D eigenvalue weighted by Gasteiger charge is -2.10. The number of hydrogen-bond donors (Lipinski definition) is 3. The third-order valence-electron chi connectivity index (χ3n) is 2.58. The summed E-state index contributed by atoms with van der Waals surface area (Å²) >= 11 is 1.26. The Labute approximate surface area is 108 Å². The Morgan fingerprint density at radius 3 is 2.72 bits per heavy atom. The second kappa shape index (κ2) is 5.29. The number of carboxylic acids is 1. The maximum absolute atomic E-state index is 10.6. The highest BCUT2D eigenvalue weighted by molar-refractivity contribution is 7.99. The summed E-state index contributed by atoms with van der Waals surface area (Å²) in [7, 11) is 0. The zero-order valence-electron chi connectivity index (χ0n) is 9.54. The molecule has 0 aliphatic rings. The van der Waals surface area contributed by atoms with Gasteiger partial charge in [-0.25, -0.2) is 4.79 Å². The molecule has 0 fully saturated rings. The van der Waals surface area contributed by atoms with Crippen LogP contribution < -0.4 is 5.73 Å². The minimum atomic E-state index is -1.38. The molecule has 0 aromatic heterocycles. The van der Waals surface area contributed by atoms with Gasteiger partial charge in [-0.05, 0) is 16.8 Å². The Morgan fingerprint density at radius 2 is 2.00 bits per heavy atom. The number of anilines is 1. The van der Waals surface area contributed by atoms with Crippen molar-refractivity contribution in [3.8, 4) is 0 Å². The molecule has 0 saturated carbocycles. The number of benzene rings is 2. The molecule has 0 bridgehead atoms. The van der Waals surface area contributed by atoms with Crippen LogP contribution in [0.15, 0.2) is 41.3 Å². The number of rotatable bonds is 4. The van der Waals surface area contributed by atoms with Crippen molar-refractivity contribution in [2.45, 2.75) is 11.0 Å². The zero-order valence-corrected chi connectivity index (χ0v) is 10.4. The molecule has 94 valence electrons. The molecule has 0 spiro atoms. The number of fused-ring (bicyclic) bond motifs is 1. The van der Waals surface area contributed by atoms with E-state index in [1.165, 1.54) is 11.8 Å². The van der Waals surface area contributed by atoms with Crippen molar-refractivity contribution in [2.75, 3.05) is 11.5 Å². The predicted octanol–water partition coefficient (Wildman–Crippen LogP) is 1.96. The molecule has 4 nitrogen and oxygen atoms in total. The number of hydrogen-bond acceptors (Lipinski definition) is 4. The van der Waals surface area contributed by atoms with Crippen LogP contribution in [0.3, 0.4) is 0 Å². The third-order valence-corrected chi connectivity index (χ3v) is 3.81. The van der Waals surface area contributed by atoms with Crippen LogP contribution in [-0.2, 0) is 4.79 Å². The van der Waals surface area contributed by atoms with Crippen LogP contribution in [0.1, 0.15) is 0 Å². The van der Waals surface area contributed by atoms with Crippen LogP contribution in [0.25, 0.3) is 10.8 Å². The van der Waals surface area contributed by atoms with Crippen LogP contribution in [0, 0.1) is 0 Å². The normalized spacial score (nSPS) is 12.5. The van der Waals surface area contributed by atoms with Crippen molar-refractivity contribution in [2.24, 2.45) is 0 Å². The molecular formula is C13H13NO3S. The van der Waals surface area contributed by atoms with E-state index in [4.69, 9.17) is 10.8 Å². The first kappa shape index (κ1) is 12.7. The zero-order chi connectivity index (χ0) is 13.1. The second-order valence-corrected chi connectivity index (χ2v) is 4.90. The Kier molecular flexibility index (Phi) is 3.74. The average molecular weight is 263 g/mol. The molecule has 5 heteroatoms. The summed E-state index contributed by atoms with van der Waals surface area (Å²) in [5.74, 6) is -1.14. The first-order chi connectivity index (χ1) is 8.59. The SMILES string of the molecule is Nc1ccc2ccccc2c1SCC(O)C(=O)O. The summed E-state index contributed by atoms with van der Waals surface area (Å²) in [4.78, 5) is 11.4. The van der Waals surface area contributed by atoms with Crippen molar-refractivity contribution in [3.63, 3.8) is 0 Å². The molecule has 0 aliphatic heterocycles.